The van der Waals surface area contributed by atoms with Gasteiger partial charge < -0.3 is 15.0 Å². The number of rotatable bonds is 4. The number of carbonyl (C=O) groups excluding carboxylic acids is 2. The van der Waals surface area contributed by atoms with Crippen molar-refractivity contribution in [2.75, 3.05) is 30.5 Å². The molecule has 1 aliphatic rings. The standard InChI is InChI=1S/C27H28N4O5S/c1-27(2,3)24-16-22(30-36-24)15-23(32)19-6-4-5-18(13-19)7-8-20-14-21(17-29-25(20)28)26(33)31-37(34)11-9-35-10-12-37/h4-6,13-14,16-17H,9-12,15H2,1-3H3,(H2,28,29). The van der Waals surface area contributed by atoms with Crippen molar-refractivity contribution in [3.05, 3.63) is 76.3 Å². The average Bonchev–Trinajstić information content (AvgIpc) is 3.33. The quantitative estimate of drug-likeness (QED) is 0.408. The number of aromatic nitrogens is 2. The van der Waals surface area contributed by atoms with Gasteiger partial charge in [0.1, 0.15) is 11.6 Å². The van der Waals surface area contributed by atoms with E-state index in [-0.39, 0.29) is 40.5 Å². The first kappa shape index (κ1) is 26.3. The number of hydrogen-bond donors (Lipinski definition) is 1. The molecule has 37 heavy (non-hydrogen) atoms. The summed E-state index contributed by atoms with van der Waals surface area (Å²) >= 11 is 0. The van der Waals surface area contributed by atoms with Crippen LogP contribution in [0.25, 0.3) is 0 Å². The highest BCUT2D eigenvalue weighted by molar-refractivity contribution is 7.94. The molecule has 2 aromatic heterocycles. The number of pyridine rings is 1. The Morgan fingerprint density at radius 2 is 1.86 bits per heavy atom. The van der Waals surface area contributed by atoms with Crippen LogP contribution in [0.4, 0.5) is 5.82 Å². The number of ketones is 1. The van der Waals surface area contributed by atoms with Gasteiger partial charge in [-0.15, -0.1) is 0 Å². The predicted molar refractivity (Wildman–Crippen MR) is 140 cm³/mol. The normalized spacial score (nSPS) is 14.9. The number of nitrogen functional groups attached to an aromatic ring is 1. The second kappa shape index (κ2) is 10.7. The number of Topliss-reactive ketones (excluding diaryl/α,β-unsaturated/α-hetero) is 1. The summed E-state index contributed by atoms with van der Waals surface area (Å²) in [6, 6.07) is 10.2. The molecule has 0 spiro atoms. The summed E-state index contributed by atoms with van der Waals surface area (Å²) < 4.78 is 27.2. The van der Waals surface area contributed by atoms with Gasteiger partial charge in [0.15, 0.2) is 5.78 Å². The average molecular weight is 521 g/mol. The molecule has 9 nitrogen and oxygen atoms in total. The number of nitrogens with zero attached hydrogens (tertiary/aromatic N) is 3. The molecule has 0 aliphatic carbocycles. The molecule has 10 heteroatoms. The number of anilines is 1. The lowest BCUT2D eigenvalue weighted by Crippen LogP contribution is -2.26. The monoisotopic (exact) mass is 520 g/mol. The van der Waals surface area contributed by atoms with Crippen LogP contribution in [-0.2, 0) is 26.3 Å². The summed E-state index contributed by atoms with van der Waals surface area (Å²) in [7, 11) is -2.64. The van der Waals surface area contributed by atoms with E-state index in [9.17, 15) is 13.8 Å². The smallest absolute Gasteiger partial charge is 0.286 e. The summed E-state index contributed by atoms with van der Waals surface area (Å²) in [6.45, 7) is 6.65. The second-order valence-corrected chi connectivity index (χ2v) is 12.3. The van der Waals surface area contributed by atoms with Crippen molar-refractivity contribution in [3.63, 3.8) is 0 Å². The van der Waals surface area contributed by atoms with Gasteiger partial charge in [0.25, 0.3) is 5.91 Å². The van der Waals surface area contributed by atoms with Gasteiger partial charge in [-0.1, -0.05) is 49.9 Å². The van der Waals surface area contributed by atoms with Crippen LogP contribution >= 0.6 is 0 Å². The molecule has 1 aromatic carbocycles. The number of nitrogens with two attached hydrogens (primary N) is 1. The summed E-state index contributed by atoms with van der Waals surface area (Å²) in [5, 5.41) is 4.02. The van der Waals surface area contributed by atoms with Crippen LogP contribution in [0.15, 0.2) is 51.5 Å². The maximum Gasteiger partial charge on any atom is 0.286 e. The fourth-order valence-corrected chi connectivity index (χ4v) is 5.05. The summed E-state index contributed by atoms with van der Waals surface area (Å²) in [6.07, 6.45) is 1.40. The fraction of sp³-hybridized carbons (Fsp3) is 0.333. The first-order chi connectivity index (χ1) is 17.5. The third-order valence-corrected chi connectivity index (χ3v) is 7.78. The number of ether oxygens (including phenoxy) is 1. The molecule has 4 rings (SSSR count). The molecule has 1 saturated heterocycles. The first-order valence-corrected chi connectivity index (χ1v) is 13.6. The van der Waals surface area contributed by atoms with Crippen molar-refractivity contribution in [3.8, 4) is 11.8 Å². The summed E-state index contributed by atoms with van der Waals surface area (Å²) in [5.41, 5.74) is 7.90. The van der Waals surface area contributed by atoms with Gasteiger partial charge in [0, 0.05) is 28.8 Å². The minimum absolute atomic E-state index is 0.107. The fourth-order valence-electron chi connectivity index (χ4n) is 3.49. The molecule has 3 heterocycles. The van der Waals surface area contributed by atoms with Crippen LogP contribution in [0, 0.1) is 11.8 Å². The second-order valence-electron chi connectivity index (χ2n) is 9.71. The van der Waals surface area contributed by atoms with E-state index in [4.69, 9.17) is 15.0 Å². The molecule has 0 saturated carbocycles. The minimum Gasteiger partial charge on any atom is -0.383 e. The topological polar surface area (TPSA) is 138 Å². The Bertz CT molecular complexity index is 1520. The SMILES string of the molecule is CC(C)(C)c1cc(CC(=O)c2cccc(C#Cc3cc(C(=O)N=S4(=O)CCOCC4)cnc3N)c2)no1. The summed E-state index contributed by atoms with van der Waals surface area (Å²) in [4.78, 5) is 29.5. The van der Waals surface area contributed by atoms with Crippen molar-refractivity contribution < 1.29 is 23.1 Å². The van der Waals surface area contributed by atoms with Gasteiger partial charge in [-0.2, -0.15) is 4.36 Å². The lowest BCUT2D eigenvalue weighted by molar-refractivity contribution is 0.0986. The molecule has 192 valence electrons. The van der Waals surface area contributed by atoms with Crippen LogP contribution in [0.3, 0.4) is 0 Å². The maximum absolute atomic E-state index is 12.8. The number of hydrogen-bond acceptors (Lipinski definition) is 8. The highest BCUT2D eigenvalue weighted by atomic mass is 32.2. The highest BCUT2D eigenvalue weighted by Gasteiger charge is 2.21. The van der Waals surface area contributed by atoms with E-state index in [1.807, 2.05) is 20.8 Å². The molecule has 0 atom stereocenters. The van der Waals surface area contributed by atoms with E-state index in [0.29, 0.717) is 41.4 Å². The van der Waals surface area contributed by atoms with E-state index in [1.165, 1.54) is 12.3 Å². The Balaban J connectivity index is 1.52. The third-order valence-electron chi connectivity index (χ3n) is 5.67. The van der Waals surface area contributed by atoms with Crippen LogP contribution in [0.5, 0.6) is 0 Å². The van der Waals surface area contributed by atoms with Crippen molar-refractivity contribution in [2.24, 2.45) is 4.36 Å². The zero-order valence-electron chi connectivity index (χ0n) is 20.9. The molecular formula is C27H28N4O5S. The Morgan fingerprint density at radius 3 is 2.57 bits per heavy atom. The number of benzene rings is 1. The lowest BCUT2D eigenvalue weighted by Gasteiger charge is -2.15. The molecule has 0 bridgehead atoms. The van der Waals surface area contributed by atoms with Crippen molar-refractivity contribution >= 4 is 27.2 Å². The van der Waals surface area contributed by atoms with E-state index < -0.39 is 15.6 Å². The summed E-state index contributed by atoms with van der Waals surface area (Å²) in [5.74, 6) is 6.44. The van der Waals surface area contributed by atoms with Gasteiger partial charge in [0.2, 0.25) is 0 Å². The van der Waals surface area contributed by atoms with Crippen LogP contribution in [-0.4, -0.2) is 50.8 Å². The highest BCUT2D eigenvalue weighted by Crippen LogP contribution is 2.23. The molecule has 3 aromatic rings. The predicted octanol–water partition coefficient (Wildman–Crippen LogP) is 3.41. The van der Waals surface area contributed by atoms with E-state index in [2.05, 4.69) is 26.3 Å². The van der Waals surface area contributed by atoms with Crippen molar-refractivity contribution in [1.82, 2.24) is 10.1 Å². The van der Waals surface area contributed by atoms with E-state index in [1.54, 1.807) is 30.3 Å². The molecular weight excluding hydrogens is 492 g/mol. The third kappa shape index (κ3) is 6.70. The molecule has 0 radical (unpaired) electrons. The zero-order chi connectivity index (χ0) is 26.6. The molecule has 0 unspecified atom stereocenters. The number of amides is 1. The van der Waals surface area contributed by atoms with Crippen LogP contribution in [0.1, 0.15) is 64.1 Å². The van der Waals surface area contributed by atoms with Gasteiger partial charge >= 0.3 is 0 Å². The van der Waals surface area contributed by atoms with Gasteiger partial charge in [-0.3, -0.25) is 9.59 Å². The largest absolute Gasteiger partial charge is 0.383 e. The van der Waals surface area contributed by atoms with Gasteiger partial charge in [-0.05, 0) is 18.2 Å². The van der Waals surface area contributed by atoms with Crippen LogP contribution in [0.2, 0.25) is 0 Å². The molecule has 1 amide bonds. The van der Waals surface area contributed by atoms with Crippen LogP contribution < -0.4 is 5.73 Å². The Labute approximate surface area is 216 Å². The molecule has 2 N–H and O–H groups in total. The Morgan fingerprint density at radius 1 is 1.11 bits per heavy atom. The first-order valence-electron chi connectivity index (χ1n) is 11.7. The maximum atomic E-state index is 12.8. The van der Waals surface area contributed by atoms with E-state index >= 15 is 0 Å². The van der Waals surface area contributed by atoms with Gasteiger partial charge in [0.05, 0.1) is 57.7 Å². The Kier molecular flexibility index (Phi) is 7.57. The van der Waals surface area contributed by atoms with Crippen molar-refractivity contribution in [1.29, 1.82) is 0 Å². The molecule has 1 aliphatic heterocycles. The van der Waals surface area contributed by atoms with Gasteiger partial charge in [-0.25, -0.2) is 9.19 Å². The lowest BCUT2D eigenvalue weighted by atomic mass is 9.93. The Hall–Kier alpha value is -3.81. The van der Waals surface area contributed by atoms with E-state index in [0.717, 1.165) is 0 Å². The minimum atomic E-state index is -2.64. The van der Waals surface area contributed by atoms with Crippen molar-refractivity contribution in [2.45, 2.75) is 32.6 Å². The number of carbonyl (C=O) groups is 2. The zero-order valence-corrected chi connectivity index (χ0v) is 21.8. The molecule has 1 fully saturated rings.